The summed E-state index contributed by atoms with van der Waals surface area (Å²) in [7, 11) is 1.64. The molecular weight excluding hydrogens is 389 g/mol. The monoisotopic (exact) mass is 410 g/mol. The average Bonchev–Trinajstić information content (AvgIpc) is 3.15. The molecule has 2 rings (SSSR count). The van der Waals surface area contributed by atoms with Gasteiger partial charge in [0.05, 0.1) is 5.01 Å². The lowest BCUT2D eigenvalue weighted by Gasteiger charge is -2.11. The number of thiazole rings is 1. The van der Waals surface area contributed by atoms with Crippen molar-refractivity contribution in [2.24, 2.45) is 4.99 Å². The highest BCUT2D eigenvalue weighted by Gasteiger charge is 2.33. The molecule has 0 radical (unpaired) electrons. The van der Waals surface area contributed by atoms with Crippen LogP contribution in [0.4, 0.5) is 13.2 Å². The lowest BCUT2D eigenvalue weighted by Crippen LogP contribution is -2.39. The Balaban J connectivity index is 1.70. The van der Waals surface area contributed by atoms with E-state index in [1.807, 2.05) is 24.3 Å². The molecule has 0 unspecified atom stereocenters. The molecule has 0 aliphatic rings. The molecule has 9 heteroatoms. The van der Waals surface area contributed by atoms with Gasteiger partial charge in [0, 0.05) is 31.9 Å². The molecule has 0 aliphatic heterocycles. The SMILES string of the molecule is C#CCOc1ccc(CCNC(=NC)NCCc2nc(C(F)(F)F)cs2)cc1. The summed E-state index contributed by atoms with van der Waals surface area (Å²) in [5, 5.41) is 7.70. The summed E-state index contributed by atoms with van der Waals surface area (Å²) in [5.41, 5.74) is 0.282. The highest BCUT2D eigenvalue weighted by atomic mass is 32.1. The Morgan fingerprint density at radius 3 is 2.46 bits per heavy atom. The van der Waals surface area contributed by atoms with Gasteiger partial charge in [-0.05, 0) is 24.1 Å². The van der Waals surface area contributed by atoms with E-state index in [0.29, 0.717) is 30.5 Å². The normalized spacial score (nSPS) is 11.8. The summed E-state index contributed by atoms with van der Waals surface area (Å²) in [4.78, 5) is 7.71. The van der Waals surface area contributed by atoms with E-state index >= 15 is 0 Å². The predicted octanol–water partition coefficient (Wildman–Crippen LogP) is 3.12. The fraction of sp³-hybridized carbons (Fsp3) is 0.368. The Bertz CT molecular complexity index is 810. The van der Waals surface area contributed by atoms with Crippen LogP contribution in [0.3, 0.4) is 0 Å². The van der Waals surface area contributed by atoms with Gasteiger partial charge in [0.15, 0.2) is 11.7 Å². The molecule has 5 nitrogen and oxygen atoms in total. The van der Waals surface area contributed by atoms with Crippen molar-refractivity contribution in [2.45, 2.75) is 19.0 Å². The predicted molar refractivity (Wildman–Crippen MR) is 105 cm³/mol. The topological polar surface area (TPSA) is 58.5 Å². The van der Waals surface area contributed by atoms with Crippen LogP contribution in [-0.4, -0.2) is 37.7 Å². The minimum absolute atomic E-state index is 0.238. The minimum Gasteiger partial charge on any atom is -0.481 e. The van der Waals surface area contributed by atoms with Crippen molar-refractivity contribution in [2.75, 3.05) is 26.7 Å². The largest absolute Gasteiger partial charge is 0.481 e. The molecule has 1 aromatic carbocycles. The van der Waals surface area contributed by atoms with Gasteiger partial charge < -0.3 is 15.4 Å². The Labute approximate surface area is 166 Å². The third kappa shape index (κ3) is 7.12. The van der Waals surface area contributed by atoms with Crippen molar-refractivity contribution in [3.63, 3.8) is 0 Å². The number of hydrogen-bond donors (Lipinski definition) is 2. The van der Waals surface area contributed by atoms with E-state index in [2.05, 4.69) is 26.5 Å². The van der Waals surface area contributed by atoms with E-state index in [1.165, 1.54) is 0 Å². The van der Waals surface area contributed by atoms with Gasteiger partial charge in [-0.15, -0.1) is 17.8 Å². The van der Waals surface area contributed by atoms with Gasteiger partial charge in [-0.1, -0.05) is 18.1 Å². The molecule has 0 bridgehead atoms. The maximum atomic E-state index is 12.5. The van der Waals surface area contributed by atoms with Crippen LogP contribution in [0.1, 0.15) is 16.3 Å². The van der Waals surface area contributed by atoms with Gasteiger partial charge >= 0.3 is 6.18 Å². The van der Waals surface area contributed by atoms with Gasteiger partial charge in [-0.25, -0.2) is 4.98 Å². The summed E-state index contributed by atoms with van der Waals surface area (Å²) in [6.45, 7) is 1.33. The van der Waals surface area contributed by atoms with Crippen molar-refractivity contribution >= 4 is 17.3 Å². The molecule has 0 amide bonds. The van der Waals surface area contributed by atoms with Gasteiger partial charge in [-0.3, -0.25) is 4.99 Å². The maximum Gasteiger partial charge on any atom is 0.434 e. The first-order chi connectivity index (χ1) is 13.4. The number of rotatable bonds is 8. The number of aliphatic imine (C=N–C) groups is 1. The van der Waals surface area contributed by atoms with Gasteiger partial charge in [-0.2, -0.15) is 13.2 Å². The summed E-state index contributed by atoms with van der Waals surface area (Å²) >= 11 is 1.00. The van der Waals surface area contributed by atoms with E-state index in [-0.39, 0.29) is 6.61 Å². The fourth-order valence-corrected chi connectivity index (χ4v) is 3.07. The van der Waals surface area contributed by atoms with Crippen LogP contribution in [0, 0.1) is 12.3 Å². The molecule has 0 saturated carbocycles. The first kappa shape index (κ1) is 21.6. The smallest absolute Gasteiger partial charge is 0.434 e. The maximum absolute atomic E-state index is 12.5. The third-order valence-corrected chi connectivity index (χ3v) is 4.56. The van der Waals surface area contributed by atoms with Crippen LogP contribution in [0.25, 0.3) is 0 Å². The lowest BCUT2D eigenvalue weighted by atomic mass is 10.1. The number of alkyl halides is 3. The number of hydrogen-bond acceptors (Lipinski definition) is 4. The molecule has 0 aliphatic carbocycles. The molecule has 0 atom stereocenters. The van der Waals surface area contributed by atoms with Crippen LogP contribution in [-0.2, 0) is 19.0 Å². The Kier molecular flexibility index (Phi) is 8.14. The van der Waals surface area contributed by atoms with Gasteiger partial charge in [0.2, 0.25) is 0 Å². The highest BCUT2D eigenvalue weighted by Crippen LogP contribution is 2.29. The first-order valence-electron chi connectivity index (χ1n) is 8.53. The van der Waals surface area contributed by atoms with Crippen molar-refractivity contribution in [1.82, 2.24) is 15.6 Å². The average molecular weight is 410 g/mol. The zero-order chi connectivity index (χ0) is 20.4. The Morgan fingerprint density at radius 1 is 1.21 bits per heavy atom. The van der Waals surface area contributed by atoms with Crippen molar-refractivity contribution < 1.29 is 17.9 Å². The summed E-state index contributed by atoms with van der Waals surface area (Å²) in [5.74, 6) is 3.72. The van der Waals surface area contributed by atoms with Crippen LogP contribution >= 0.6 is 11.3 Å². The first-order valence-corrected chi connectivity index (χ1v) is 9.41. The molecular formula is C19H21F3N4OS. The highest BCUT2D eigenvalue weighted by molar-refractivity contribution is 7.09. The van der Waals surface area contributed by atoms with E-state index in [9.17, 15) is 13.2 Å². The second kappa shape index (κ2) is 10.6. The van der Waals surface area contributed by atoms with Gasteiger partial charge in [0.25, 0.3) is 0 Å². The number of nitrogens with zero attached hydrogens (tertiary/aromatic N) is 2. The number of ether oxygens (including phenoxy) is 1. The fourth-order valence-electron chi connectivity index (χ4n) is 2.27. The van der Waals surface area contributed by atoms with Crippen molar-refractivity contribution in [1.29, 1.82) is 0 Å². The number of halogens is 3. The van der Waals surface area contributed by atoms with E-state index < -0.39 is 11.9 Å². The molecule has 2 N–H and O–H groups in total. The Morgan fingerprint density at radius 2 is 1.89 bits per heavy atom. The number of guanidine groups is 1. The third-order valence-electron chi connectivity index (χ3n) is 3.65. The summed E-state index contributed by atoms with van der Waals surface area (Å²) in [6, 6.07) is 7.65. The second-order valence-electron chi connectivity index (χ2n) is 5.69. The minimum atomic E-state index is -4.40. The summed E-state index contributed by atoms with van der Waals surface area (Å²) < 4.78 is 43.0. The molecule has 2 aromatic rings. The standard InChI is InChI=1S/C19H21F3N4OS/c1-3-12-27-15-6-4-14(5-7-15)8-10-24-18(23-2)25-11-9-17-26-16(13-28-17)19(20,21)22/h1,4-7,13H,8-12H2,2H3,(H2,23,24,25). The van der Waals surface area contributed by atoms with E-state index in [0.717, 1.165) is 34.5 Å². The van der Waals surface area contributed by atoms with Crippen LogP contribution < -0.4 is 15.4 Å². The number of terminal acetylenes is 1. The molecule has 0 spiro atoms. The van der Waals surface area contributed by atoms with Crippen LogP contribution in [0.15, 0.2) is 34.6 Å². The molecule has 0 fully saturated rings. The lowest BCUT2D eigenvalue weighted by molar-refractivity contribution is -0.140. The van der Waals surface area contributed by atoms with E-state index in [4.69, 9.17) is 11.2 Å². The number of nitrogens with one attached hydrogen (secondary N) is 2. The molecule has 0 saturated heterocycles. The quantitative estimate of drug-likeness (QED) is 0.399. The molecule has 1 aromatic heterocycles. The molecule has 1 heterocycles. The zero-order valence-electron chi connectivity index (χ0n) is 15.3. The van der Waals surface area contributed by atoms with Gasteiger partial charge in [0.1, 0.15) is 12.4 Å². The van der Waals surface area contributed by atoms with Crippen LogP contribution in [0.2, 0.25) is 0 Å². The number of benzene rings is 1. The van der Waals surface area contributed by atoms with Crippen molar-refractivity contribution in [3.05, 3.63) is 45.9 Å². The number of aromatic nitrogens is 1. The zero-order valence-corrected chi connectivity index (χ0v) is 16.2. The van der Waals surface area contributed by atoms with Crippen LogP contribution in [0.5, 0.6) is 5.75 Å². The molecule has 28 heavy (non-hydrogen) atoms. The molecule has 150 valence electrons. The Hall–Kier alpha value is -2.73. The van der Waals surface area contributed by atoms with E-state index in [1.54, 1.807) is 7.05 Å². The summed E-state index contributed by atoms with van der Waals surface area (Å²) in [6.07, 6.45) is 1.92. The second-order valence-corrected chi connectivity index (χ2v) is 6.63. The van der Waals surface area contributed by atoms with Crippen molar-refractivity contribution in [3.8, 4) is 18.1 Å².